The van der Waals surface area contributed by atoms with Crippen molar-refractivity contribution in [2.75, 3.05) is 19.6 Å². The van der Waals surface area contributed by atoms with Crippen LogP contribution in [0.2, 0.25) is 0 Å². The number of aliphatic hydroxyl groups is 1. The summed E-state index contributed by atoms with van der Waals surface area (Å²) in [5.74, 6) is 1.34. The molecule has 1 aliphatic rings. The lowest BCUT2D eigenvalue weighted by Gasteiger charge is -2.14. The molecule has 0 spiro atoms. The van der Waals surface area contributed by atoms with Crippen molar-refractivity contribution < 1.29 is 14.6 Å². The van der Waals surface area contributed by atoms with E-state index in [1.165, 1.54) is 12.8 Å². The molecule has 5 nitrogen and oxygen atoms in total. The Hall–Kier alpha value is -2.37. The molecule has 0 radical (unpaired) electrons. The van der Waals surface area contributed by atoms with Crippen LogP contribution in [-0.4, -0.2) is 30.6 Å². The highest BCUT2D eigenvalue weighted by atomic mass is 16.5. The van der Waals surface area contributed by atoms with Crippen LogP contribution in [0.5, 0.6) is 5.75 Å². The molecule has 138 valence electrons. The summed E-state index contributed by atoms with van der Waals surface area (Å²) in [5, 5.41) is 16.2. The van der Waals surface area contributed by atoms with E-state index in [0.717, 1.165) is 23.6 Å². The van der Waals surface area contributed by atoms with Crippen LogP contribution in [0.4, 0.5) is 0 Å². The molecule has 0 saturated heterocycles. The van der Waals surface area contributed by atoms with Gasteiger partial charge in [0.05, 0.1) is 12.6 Å². The van der Waals surface area contributed by atoms with E-state index < -0.39 is 6.10 Å². The number of hydrogen-bond acceptors (Lipinski definition) is 4. The fourth-order valence-corrected chi connectivity index (χ4v) is 2.66. The van der Waals surface area contributed by atoms with Gasteiger partial charge in [0.25, 0.3) is 0 Å². The van der Waals surface area contributed by atoms with Gasteiger partial charge in [-0.15, -0.1) is 0 Å². The summed E-state index contributed by atoms with van der Waals surface area (Å²) < 4.78 is 5.78. The van der Waals surface area contributed by atoms with Crippen LogP contribution in [0.3, 0.4) is 0 Å². The number of carbonyl (C=O) groups excluding carboxylic acids is 1. The monoisotopic (exact) mass is 354 g/mol. The predicted molar refractivity (Wildman–Crippen MR) is 101 cm³/mol. The molecule has 2 aromatic rings. The molecule has 0 bridgehead atoms. The molecule has 26 heavy (non-hydrogen) atoms. The minimum absolute atomic E-state index is 0.0961. The smallest absolute Gasteiger partial charge is 0.234 e. The van der Waals surface area contributed by atoms with Crippen molar-refractivity contribution in [3.63, 3.8) is 0 Å². The molecular formula is C21H26N2O3. The average Bonchev–Trinajstić information content (AvgIpc) is 3.50. The van der Waals surface area contributed by atoms with Gasteiger partial charge in [-0.25, -0.2) is 0 Å². The van der Waals surface area contributed by atoms with Crippen molar-refractivity contribution in [1.29, 1.82) is 0 Å². The Balaban J connectivity index is 1.43. The lowest BCUT2D eigenvalue weighted by atomic mass is 10.1. The SMILES string of the molecule is O=C(CNCC1CC1)NCC(O)c1cccc(OCc2ccccc2)c1. The van der Waals surface area contributed by atoms with Crippen molar-refractivity contribution >= 4 is 5.91 Å². The van der Waals surface area contributed by atoms with Gasteiger partial charge >= 0.3 is 0 Å². The lowest BCUT2D eigenvalue weighted by molar-refractivity contribution is -0.120. The van der Waals surface area contributed by atoms with Gasteiger partial charge in [0.2, 0.25) is 5.91 Å². The van der Waals surface area contributed by atoms with Crippen LogP contribution < -0.4 is 15.4 Å². The maximum Gasteiger partial charge on any atom is 0.234 e. The van der Waals surface area contributed by atoms with Crippen LogP contribution >= 0.6 is 0 Å². The van der Waals surface area contributed by atoms with Gasteiger partial charge in [-0.1, -0.05) is 42.5 Å². The molecule has 2 aromatic carbocycles. The highest BCUT2D eigenvalue weighted by Gasteiger charge is 2.20. The first kappa shape index (κ1) is 18.4. The maximum absolute atomic E-state index is 11.8. The molecule has 1 aliphatic carbocycles. The summed E-state index contributed by atoms with van der Waals surface area (Å²) in [6.45, 7) is 1.86. The van der Waals surface area contributed by atoms with E-state index in [1.807, 2.05) is 54.6 Å². The van der Waals surface area contributed by atoms with E-state index in [2.05, 4.69) is 10.6 Å². The van der Waals surface area contributed by atoms with Gasteiger partial charge < -0.3 is 20.5 Å². The van der Waals surface area contributed by atoms with Crippen molar-refractivity contribution in [3.8, 4) is 5.75 Å². The van der Waals surface area contributed by atoms with Gasteiger partial charge in [-0.05, 0) is 48.6 Å². The number of aliphatic hydroxyl groups excluding tert-OH is 1. The first-order chi connectivity index (χ1) is 12.7. The van der Waals surface area contributed by atoms with Crippen LogP contribution in [0.25, 0.3) is 0 Å². The van der Waals surface area contributed by atoms with Gasteiger partial charge in [-0.3, -0.25) is 4.79 Å². The van der Waals surface area contributed by atoms with Crippen molar-refractivity contribution in [3.05, 3.63) is 65.7 Å². The zero-order valence-electron chi connectivity index (χ0n) is 14.9. The van der Waals surface area contributed by atoms with Gasteiger partial charge in [0.1, 0.15) is 12.4 Å². The summed E-state index contributed by atoms with van der Waals surface area (Å²) in [5.41, 5.74) is 1.81. The summed E-state index contributed by atoms with van der Waals surface area (Å²) in [4.78, 5) is 11.8. The summed E-state index contributed by atoms with van der Waals surface area (Å²) in [6.07, 6.45) is 1.76. The average molecular weight is 354 g/mol. The normalized spacial score (nSPS) is 14.7. The Kier molecular flexibility index (Phi) is 6.63. The van der Waals surface area contributed by atoms with Gasteiger partial charge in [-0.2, -0.15) is 0 Å². The second kappa shape index (κ2) is 9.36. The first-order valence-electron chi connectivity index (χ1n) is 9.13. The van der Waals surface area contributed by atoms with Gasteiger partial charge in [0.15, 0.2) is 0 Å². The highest BCUT2D eigenvalue weighted by Crippen LogP contribution is 2.27. The Labute approximate surface area is 154 Å². The Morgan fingerprint density at radius 2 is 1.96 bits per heavy atom. The lowest BCUT2D eigenvalue weighted by Crippen LogP contribution is -2.36. The second-order valence-corrected chi connectivity index (χ2v) is 6.74. The number of hydrogen-bond donors (Lipinski definition) is 3. The van der Waals surface area contributed by atoms with Crippen LogP contribution in [0.15, 0.2) is 54.6 Å². The minimum atomic E-state index is -0.761. The van der Waals surface area contributed by atoms with Crippen LogP contribution in [0, 0.1) is 5.92 Å². The molecular weight excluding hydrogens is 328 g/mol. The molecule has 0 aliphatic heterocycles. The topological polar surface area (TPSA) is 70.6 Å². The van der Waals surface area contributed by atoms with E-state index in [0.29, 0.717) is 18.9 Å². The van der Waals surface area contributed by atoms with Crippen molar-refractivity contribution in [1.82, 2.24) is 10.6 Å². The predicted octanol–water partition coefficient (Wildman–Crippen LogP) is 2.41. The third-order valence-electron chi connectivity index (χ3n) is 4.40. The number of carbonyl (C=O) groups is 1. The Morgan fingerprint density at radius 1 is 1.15 bits per heavy atom. The molecule has 0 heterocycles. The molecule has 1 fully saturated rings. The van der Waals surface area contributed by atoms with E-state index in [1.54, 1.807) is 0 Å². The molecule has 1 amide bonds. The maximum atomic E-state index is 11.8. The number of amides is 1. The molecule has 1 saturated carbocycles. The first-order valence-corrected chi connectivity index (χ1v) is 9.13. The van der Waals surface area contributed by atoms with E-state index >= 15 is 0 Å². The highest BCUT2D eigenvalue weighted by molar-refractivity contribution is 5.78. The van der Waals surface area contributed by atoms with Crippen LogP contribution in [0.1, 0.15) is 30.1 Å². The molecule has 0 aromatic heterocycles. The quantitative estimate of drug-likeness (QED) is 0.613. The van der Waals surface area contributed by atoms with Gasteiger partial charge in [0, 0.05) is 6.54 Å². The Bertz CT molecular complexity index is 701. The van der Waals surface area contributed by atoms with Crippen LogP contribution in [-0.2, 0) is 11.4 Å². The number of rotatable bonds is 10. The number of ether oxygens (including phenoxy) is 1. The summed E-state index contributed by atoms with van der Waals surface area (Å²) in [7, 11) is 0. The summed E-state index contributed by atoms with van der Waals surface area (Å²) in [6, 6.07) is 17.3. The largest absolute Gasteiger partial charge is 0.489 e. The zero-order chi connectivity index (χ0) is 18.2. The fraction of sp³-hybridized carbons (Fsp3) is 0.381. The third kappa shape index (κ3) is 6.17. The van der Waals surface area contributed by atoms with E-state index in [9.17, 15) is 9.90 Å². The third-order valence-corrected chi connectivity index (χ3v) is 4.40. The number of nitrogens with one attached hydrogen (secondary N) is 2. The molecule has 1 atom stereocenters. The molecule has 3 N–H and O–H groups in total. The minimum Gasteiger partial charge on any atom is -0.489 e. The fourth-order valence-electron chi connectivity index (χ4n) is 2.66. The second-order valence-electron chi connectivity index (χ2n) is 6.74. The van der Waals surface area contributed by atoms with E-state index in [-0.39, 0.29) is 12.5 Å². The Morgan fingerprint density at radius 3 is 2.73 bits per heavy atom. The van der Waals surface area contributed by atoms with Crippen molar-refractivity contribution in [2.24, 2.45) is 5.92 Å². The standard InChI is InChI=1S/C21H26N2O3/c24-20(13-23-21(25)14-22-12-16-9-10-16)18-7-4-8-19(11-18)26-15-17-5-2-1-3-6-17/h1-8,11,16,20,22,24H,9-10,12-15H2,(H,23,25). The van der Waals surface area contributed by atoms with Crippen molar-refractivity contribution in [2.45, 2.75) is 25.6 Å². The summed E-state index contributed by atoms with van der Waals surface area (Å²) >= 11 is 0. The molecule has 3 rings (SSSR count). The molecule has 5 heteroatoms. The number of benzene rings is 2. The molecule has 1 unspecified atom stereocenters. The van der Waals surface area contributed by atoms with E-state index in [4.69, 9.17) is 4.74 Å². The zero-order valence-corrected chi connectivity index (χ0v) is 14.9.